The minimum atomic E-state index is 0.0790. The van der Waals surface area contributed by atoms with Gasteiger partial charge in [0.15, 0.2) is 0 Å². The third-order valence-corrected chi connectivity index (χ3v) is 4.94. The maximum Gasteiger partial charge on any atom is 0.0710 e. The number of nitrogens with zero attached hydrogens (tertiary/aromatic N) is 1. The molecule has 3 heteroatoms. The van der Waals surface area contributed by atoms with Crippen molar-refractivity contribution < 1.29 is 4.74 Å². The lowest BCUT2D eigenvalue weighted by molar-refractivity contribution is -0.0433. The average Bonchev–Trinajstić information content (AvgIpc) is 2.93. The minimum absolute atomic E-state index is 0.0790. The molecule has 1 atom stereocenters. The van der Waals surface area contributed by atoms with Gasteiger partial charge in [-0.15, -0.1) is 0 Å². The summed E-state index contributed by atoms with van der Waals surface area (Å²) in [6.07, 6.45) is 8.01. The molecule has 1 aliphatic heterocycles. The zero-order chi connectivity index (χ0) is 13.2. The molecule has 2 aliphatic rings. The summed E-state index contributed by atoms with van der Waals surface area (Å²) < 4.78 is 6.15. The van der Waals surface area contributed by atoms with E-state index < -0.39 is 0 Å². The fourth-order valence-electron chi connectivity index (χ4n) is 3.79. The van der Waals surface area contributed by atoms with Crippen LogP contribution in [0.2, 0.25) is 0 Å². The molecule has 1 aliphatic carbocycles. The van der Waals surface area contributed by atoms with Crippen molar-refractivity contribution in [3.63, 3.8) is 0 Å². The van der Waals surface area contributed by atoms with Gasteiger partial charge < -0.3 is 10.5 Å². The molecule has 1 heterocycles. The summed E-state index contributed by atoms with van der Waals surface area (Å²) in [5.74, 6) is 0. The van der Waals surface area contributed by atoms with Gasteiger partial charge in [-0.2, -0.15) is 0 Å². The molecule has 0 bridgehead atoms. The standard InChI is InChI=1S/C15H30N2O/c1-4-17(15(12-16)8-5-6-9-15)11-13-7-10-14(2,3)18-13/h13H,4-12,16H2,1-3H3. The molecule has 0 spiro atoms. The monoisotopic (exact) mass is 254 g/mol. The predicted octanol–water partition coefficient (Wildman–Crippen LogP) is 2.54. The first-order valence-corrected chi connectivity index (χ1v) is 7.64. The largest absolute Gasteiger partial charge is 0.371 e. The number of rotatable bonds is 5. The Balaban J connectivity index is 1.97. The first-order valence-electron chi connectivity index (χ1n) is 7.64. The first kappa shape index (κ1) is 14.3. The SMILES string of the molecule is CCN(CC1CCC(C)(C)O1)C1(CN)CCCC1. The summed E-state index contributed by atoms with van der Waals surface area (Å²) in [5, 5.41) is 0. The number of hydrogen-bond acceptors (Lipinski definition) is 3. The molecular formula is C15H30N2O. The quantitative estimate of drug-likeness (QED) is 0.819. The van der Waals surface area contributed by atoms with Gasteiger partial charge in [0, 0.05) is 18.6 Å². The van der Waals surface area contributed by atoms with Crippen molar-refractivity contribution in [1.82, 2.24) is 4.90 Å². The lowest BCUT2D eigenvalue weighted by atomic mass is 9.94. The molecule has 106 valence electrons. The third-order valence-electron chi connectivity index (χ3n) is 4.94. The van der Waals surface area contributed by atoms with Crippen LogP contribution in [0.4, 0.5) is 0 Å². The normalized spacial score (nSPS) is 30.2. The molecule has 18 heavy (non-hydrogen) atoms. The Morgan fingerprint density at radius 3 is 2.33 bits per heavy atom. The van der Waals surface area contributed by atoms with E-state index in [9.17, 15) is 0 Å². The van der Waals surface area contributed by atoms with Crippen molar-refractivity contribution in [3.05, 3.63) is 0 Å². The molecule has 0 aromatic heterocycles. The van der Waals surface area contributed by atoms with E-state index in [1.807, 2.05) is 0 Å². The van der Waals surface area contributed by atoms with E-state index in [4.69, 9.17) is 10.5 Å². The fraction of sp³-hybridized carbons (Fsp3) is 1.00. The summed E-state index contributed by atoms with van der Waals surface area (Å²) in [6.45, 7) is 9.64. The molecule has 0 radical (unpaired) electrons. The summed E-state index contributed by atoms with van der Waals surface area (Å²) in [4.78, 5) is 2.60. The predicted molar refractivity (Wildman–Crippen MR) is 75.7 cm³/mol. The maximum absolute atomic E-state index is 6.15. The van der Waals surface area contributed by atoms with Gasteiger partial charge in [0.1, 0.15) is 0 Å². The van der Waals surface area contributed by atoms with Crippen molar-refractivity contribution in [3.8, 4) is 0 Å². The van der Waals surface area contributed by atoms with Gasteiger partial charge in [0.2, 0.25) is 0 Å². The Morgan fingerprint density at radius 2 is 1.89 bits per heavy atom. The van der Waals surface area contributed by atoms with Crippen molar-refractivity contribution in [2.45, 2.75) is 76.5 Å². The molecule has 3 nitrogen and oxygen atoms in total. The van der Waals surface area contributed by atoms with E-state index in [-0.39, 0.29) is 11.1 Å². The highest BCUT2D eigenvalue weighted by molar-refractivity contribution is 4.97. The zero-order valence-corrected chi connectivity index (χ0v) is 12.4. The van der Waals surface area contributed by atoms with Crippen molar-refractivity contribution >= 4 is 0 Å². The van der Waals surface area contributed by atoms with Gasteiger partial charge in [-0.05, 0) is 46.1 Å². The molecule has 2 N–H and O–H groups in total. The number of ether oxygens (including phenoxy) is 1. The number of nitrogens with two attached hydrogens (primary N) is 1. The fourth-order valence-corrected chi connectivity index (χ4v) is 3.79. The van der Waals surface area contributed by atoms with Crippen LogP contribution >= 0.6 is 0 Å². The zero-order valence-electron chi connectivity index (χ0n) is 12.4. The molecule has 1 saturated heterocycles. The lowest BCUT2D eigenvalue weighted by Crippen LogP contribution is -2.54. The number of likely N-dealkylation sites (N-methyl/N-ethyl adjacent to an activating group) is 1. The van der Waals surface area contributed by atoms with Crippen LogP contribution in [0.25, 0.3) is 0 Å². The Kier molecular flexibility index (Phi) is 4.35. The van der Waals surface area contributed by atoms with Crippen LogP contribution in [0.3, 0.4) is 0 Å². The molecule has 1 unspecified atom stereocenters. The lowest BCUT2D eigenvalue weighted by Gasteiger charge is -2.41. The molecule has 1 saturated carbocycles. The summed E-state index contributed by atoms with van der Waals surface area (Å²) >= 11 is 0. The van der Waals surface area contributed by atoms with Crippen molar-refractivity contribution in [2.75, 3.05) is 19.6 Å². The van der Waals surface area contributed by atoms with Gasteiger partial charge in [-0.25, -0.2) is 0 Å². The number of hydrogen-bond donors (Lipinski definition) is 1. The van der Waals surface area contributed by atoms with Gasteiger partial charge >= 0.3 is 0 Å². The highest BCUT2D eigenvalue weighted by atomic mass is 16.5. The first-order chi connectivity index (χ1) is 8.51. The van der Waals surface area contributed by atoms with E-state index in [1.54, 1.807) is 0 Å². The van der Waals surface area contributed by atoms with Crippen LogP contribution < -0.4 is 5.73 Å². The summed E-state index contributed by atoms with van der Waals surface area (Å²) in [5.41, 5.74) is 6.44. The molecule has 0 aromatic carbocycles. The topological polar surface area (TPSA) is 38.5 Å². The van der Waals surface area contributed by atoms with Crippen molar-refractivity contribution in [1.29, 1.82) is 0 Å². The Labute approximate surface area is 112 Å². The second-order valence-corrected chi connectivity index (χ2v) is 6.71. The molecular weight excluding hydrogens is 224 g/mol. The molecule has 2 fully saturated rings. The second kappa shape index (κ2) is 5.48. The third kappa shape index (κ3) is 2.89. The van der Waals surface area contributed by atoms with Crippen molar-refractivity contribution in [2.24, 2.45) is 5.73 Å². The average molecular weight is 254 g/mol. The van der Waals surface area contributed by atoms with Crippen LogP contribution in [0, 0.1) is 0 Å². The van der Waals surface area contributed by atoms with E-state index in [0.29, 0.717) is 6.10 Å². The van der Waals surface area contributed by atoms with Crippen LogP contribution in [0.15, 0.2) is 0 Å². The van der Waals surface area contributed by atoms with Gasteiger partial charge in [-0.3, -0.25) is 4.90 Å². The van der Waals surface area contributed by atoms with E-state index >= 15 is 0 Å². The van der Waals surface area contributed by atoms with E-state index in [0.717, 1.165) is 19.6 Å². The van der Waals surface area contributed by atoms with Gasteiger partial charge in [-0.1, -0.05) is 19.8 Å². The minimum Gasteiger partial charge on any atom is -0.371 e. The van der Waals surface area contributed by atoms with Crippen LogP contribution in [-0.4, -0.2) is 41.8 Å². The van der Waals surface area contributed by atoms with Crippen LogP contribution in [-0.2, 0) is 4.74 Å². The van der Waals surface area contributed by atoms with Crippen LogP contribution in [0.5, 0.6) is 0 Å². The van der Waals surface area contributed by atoms with Crippen LogP contribution in [0.1, 0.15) is 59.3 Å². The van der Waals surface area contributed by atoms with E-state index in [1.165, 1.54) is 38.5 Å². The molecule has 0 aromatic rings. The Hall–Kier alpha value is -0.120. The summed E-state index contributed by atoms with van der Waals surface area (Å²) in [7, 11) is 0. The molecule has 2 rings (SSSR count). The smallest absolute Gasteiger partial charge is 0.0710 e. The summed E-state index contributed by atoms with van der Waals surface area (Å²) in [6, 6.07) is 0. The molecule has 0 amide bonds. The Morgan fingerprint density at radius 1 is 1.22 bits per heavy atom. The van der Waals surface area contributed by atoms with Gasteiger partial charge in [0.25, 0.3) is 0 Å². The highest BCUT2D eigenvalue weighted by Gasteiger charge is 2.40. The second-order valence-electron chi connectivity index (χ2n) is 6.71. The highest BCUT2D eigenvalue weighted by Crippen LogP contribution is 2.36. The Bertz CT molecular complexity index is 272. The maximum atomic E-state index is 6.15. The van der Waals surface area contributed by atoms with E-state index in [2.05, 4.69) is 25.7 Å². The van der Waals surface area contributed by atoms with Gasteiger partial charge in [0.05, 0.1) is 11.7 Å².